The fourth-order valence-electron chi connectivity index (χ4n) is 3.06. The van der Waals surface area contributed by atoms with Gasteiger partial charge in [-0.25, -0.2) is 9.67 Å². The summed E-state index contributed by atoms with van der Waals surface area (Å²) >= 11 is 1.56. The Balaban J connectivity index is 1.42. The van der Waals surface area contributed by atoms with Crippen LogP contribution in [0.2, 0.25) is 0 Å². The van der Waals surface area contributed by atoms with Crippen molar-refractivity contribution in [3.8, 4) is 0 Å². The van der Waals surface area contributed by atoms with Gasteiger partial charge in [-0.15, -0.1) is 11.8 Å². The van der Waals surface area contributed by atoms with E-state index in [0.717, 1.165) is 27.5 Å². The van der Waals surface area contributed by atoms with Gasteiger partial charge in [0.05, 0.1) is 23.6 Å². The second-order valence-corrected chi connectivity index (χ2v) is 7.78. The number of hydrogen-bond acceptors (Lipinski definition) is 6. The standard InChI is InChI=1S/C22H21N5O2S/c1-16-10-19(29-26-16)13-30-21-9-5-4-8-20(21)22(28)24-11-17-6-2-3-7-18(17)12-27-15-23-14-25-27/h2-10,14-15H,11-13H2,1H3,(H,24,28). The van der Waals surface area contributed by atoms with Crippen molar-refractivity contribution >= 4 is 17.7 Å². The molecule has 2 aromatic heterocycles. The summed E-state index contributed by atoms with van der Waals surface area (Å²) < 4.78 is 7.03. The molecule has 0 fully saturated rings. The predicted octanol–water partition coefficient (Wildman–Crippen LogP) is 3.85. The van der Waals surface area contributed by atoms with E-state index < -0.39 is 0 Å². The normalized spacial score (nSPS) is 10.8. The Morgan fingerprint density at radius 1 is 1.13 bits per heavy atom. The van der Waals surface area contributed by atoms with Crippen molar-refractivity contribution < 1.29 is 9.32 Å². The van der Waals surface area contributed by atoms with E-state index in [9.17, 15) is 4.79 Å². The summed E-state index contributed by atoms with van der Waals surface area (Å²) in [5, 5.41) is 11.1. The van der Waals surface area contributed by atoms with E-state index >= 15 is 0 Å². The van der Waals surface area contributed by atoms with Crippen LogP contribution in [0.4, 0.5) is 0 Å². The van der Waals surface area contributed by atoms with Crippen molar-refractivity contribution in [3.05, 3.63) is 95.4 Å². The van der Waals surface area contributed by atoms with Gasteiger partial charge < -0.3 is 9.84 Å². The van der Waals surface area contributed by atoms with E-state index in [-0.39, 0.29) is 5.91 Å². The average molecular weight is 420 g/mol. The molecule has 0 bridgehead atoms. The third-order valence-corrected chi connectivity index (χ3v) is 5.63. The van der Waals surface area contributed by atoms with Crippen LogP contribution in [0.25, 0.3) is 0 Å². The van der Waals surface area contributed by atoms with Gasteiger partial charge in [0.15, 0.2) is 0 Å². The van der Waals surface area contributed by atoms with Crippen molar-refractivity contribution in [1.82, 2.24) is 25.2 Å². The van der Waals surface area contributed by atoms with Gasteiger partial charge in [0.1, 0.15) is 18.4 Å². The highest BCUT2D eigenvalue weighted by Gasteiger charge is 2.13. The highest BCUT2D eigenvalue weighted by molar-refractivity contribution is 7.98. The van der Waals surface area contributed by atoms with Crippen LogP contribution >= 0.6 is 11.8 Å². The van der Waals surface area contributed by atoms with Gasteiger partial charge in [0, 0.05) is 17.5 Å². The molecule has 0 aliphatic carbocycles. The third kappa shape index (κ3) is 4.96. The summed E-state index contributed by atoms with van der Waals surface area (Å²) in [7, 11) is 0. The van der Waals surface area contributed by atoms with Crippen molar-refractivity contribution in [2.45, 2.75) is 30.7 Å². The van der Waals surface area contributed by atoms with Crippen LogP contribution in [0.15, 0.2) is 76.7 Å². The summed E-state index contributed by atoms with van der Waals surface area (Å²) in [5.74, 6) is 1.29. The van der Waals surface area contributed by atoms with E-state index in [1.54, 1.807) is 22.8 Å². The monoisotopic (exact) mass is 419 g/mol. The molecule has 0 aliphatic rings. The van der Waals surface area contributed by atoms with Gasteiger partial charge >= 0.3 is 0 Å². The Morgan fingerprint density at radius 2 is 1.93 bits per heavy atom. The fraction of sp³-hybridized carbons (Fsp3) is 0.182. The molecule has 2 aromatic carbocycles. The number of nitrogens with one attached hydrogen (secondary N) is 1. The number of benzene rings is 2. The number of rotatable bonds is 8. The van der Waals surface area contributed by atoms with Crippen LogP contribution in [-0.4, -0.2) is 25.8 Å². The van der Waals surface area contributed by atoms with E-state index in [2.05, 4.69) is 20.6 Å². The molecule has 0 spiro atoms. The van der Waals surface area contributed by atoms with E-state index in [1.807, 2.05) is 61.5 Å². The Hall–Kier alpha value is -3.39. The largest absolute Gasteiger partial charge is 0.360 e. The molecule has 4 aromatic rings. The van der Waals surface area contributed by atoms with Gasteiger partial charge in [-0.05, 0) is 30.2 Å². The molecule has 0 saturated heterocycles. The maximum absolute atomic E-state index is 12.9. The quantitative estimate of drug-likeness (QED) is 0.437. The number of hydrogen-bond donors (Lipinski definition) is 1. The van der Waals surface area contributed by atoms with Crippen molar-refractivity contribution in [2.75, 3.05) is 0 Å². The molecule has 0 radical (unpaired) electrons. The maximum Gasteiger partial charge on any atom is 0.252 e. The van der Waals surface area contributed by atoms with E-state index in [1.165, 1.54) is 6.33 Å². The Morgan fingerprint density at radius 3 is 2.70 bits per heavy atom. The van der Waals surface area contributed by atoms with Crippen LogP contribution in [-0.2, 0) is 18.8 Å². The predicted molar refractivity (Wildman–Crippen MR) is 114 cm³/mol. The number of carbonyl (C=O) groups excluding carboxylic acids is 1. The SMILES string of the molecule is Cc1cc(CSc2ccccc2C(=O)NCc2ccccc2Cn2cncn2)on1. The van der Waals surface area contributed by atoms with Gasteiger partial charge in [-0.2, -0.15) is 5.10 Å². The molecule has 0 atom stereocenters. The summed E-state index contributed by atoms with van der Waals surface area (Å²) in [4.78, 5) is 17.8. The molecule has 0 aliphatic heterocycles. The molecule has 7 nitrogen and oxygen atoms in total. The zero-order chi connectivity index (χ0) is 20.8. The lowest BCUT2D eigenvalue weighted by Gasteiger charge is -2.12. The fourth-order valence-corrected chi connectivity index (χ4v) is 3.98. The first-order chi connectivity index (χ1) is 14.7. The van der Waals surface area contributed by atoms with Gasteiger partial charge in [-0.1, -0.05) is 41.6 Å². The Bertz CT molecular complexity index is 1120. The van der Waals surface area contributed by atoms with Gasteiger partial charge in [0.2, 0.25) is 0 Å². The minimum Gasteiger partial charge on any atom is -0.360 e. The van der Waals surface area contributed by atoms with Gasteiger partial charge in [-0.3, -0.25) is 4.79 Å². The zero-order valence-electron chi connectivity index (χ0n) is 16.5. The maximum atomic E-state index is 12.9. The first-order valence-corrected chi connectivity index (χ1v) is 10.5. The number of thioether (sulfide) groups is 1. The number of aryl methyl sites for hydroxylation is 1. The lowest BCUT2D eigenvalue weighted by molar-refractivity contribution is 0.0948. The second kappa shape index (κ2) is 9.41. The molecule has 0 saturated carbocycles. The molecule has 8 heteroatoms. The Kier molecular flexibility index (Phi) is 6.24. The minimum absolute atomic E-state index is 0.109. The molecule has 1 amide bonds. The lowest BCUT2D eigenvalue weighted by Crippen LogP contribution is -2.24. The van der Waals surface area contributed by atoms with Crippen molar-refractivity contribution in [1.29, 1.82) is 0 Å². The van der Waals surface area contributed by atoms with Crippen molar-refractivity contribution in [3.63, 3.8) is 0 Å². The molecule has 152 valence electrons. The average Bonchev–Trinajstić information content (AvgIpc) is 3.43. The topological polar surface area (TPSA) is 85.8 Å². The highest BCUT2D eigenvalue weighted by atomic mass is 32.2. The van der Waals surface area contributed by atoms with Crippen LogP contribution < -0.4 is 5.32 Å². The highest BCUT2D eigenvalue weighted by Crippen LogP contribution is 2.26. The summed E-state index contributed by atoms with van der Waals surface area (Å²) in [5.41, 5.74) is 3.63. The van der Waals surface area contributed by atoms with E-state index in [4.69, 9.17) is 4.52 Å². The van der Waals surface area contributed by atoms with E-state index in [0.29, 0.717) is 24.4 Å². The van der Waals surface area contributed by atoms with Crippen LogP contribution in [0.3, 0.4) is 0 Å². The van der Waals surface area contributed by atoms with Gasteiger partial charge in [0.25, 0.3) is 5.91 Å². The molecule has 2 heterocycles. The summed E-state index contributed by atoms with van der Waals surface area (Å²) in [6.07, 6.45) is 3.19. The first-order valence-electron chi connectivity index (χ1n) is 9.50. The summed E-state index contributed by atoms with van der Waals surface area (Å²) in [6, 6.07) is 17.5. The molecule has 1 N–H and O–H groups in total. The smallest absolute Gasteiger partial charge is 0.252 e. The molecule has 30 heavy (non-hydrogen) atoms. The minimum atomic E-state index is -0.109. The molecule has 4 rings (SSSR count). The number of nitrogens with zero attached hydrogens (tertiary/aromatic N) is 4. The second-order valence-electron chi connectivity index (χ2n) is 6.76. The van der Waals surface area contributed by atoms with Crippen LogP contribution in [0.5, 0.6) is 0 Å². The number of carbonyl (C=O) groups is 1. The Labute approximate surface area is 178 Å². The van der Waals surface area contributed by atoms with Crippen LogP contribution in [0, 0.1) is 6.92 Å². The molecule has 0 unspecified atom stereocenters. The zero-order valence-corrected chi connectivity index (χ0v) is 17.3. The molecular formula is C22H21N5O2S. The molecular weight excluding hydrogens is 398 g/mol. The lowest BCUT2D eigenvalue weighted by atomic mass is 10.1. The first kappa shape index (κ1) is 19.9. The summed E-state index contributed by atoms with van der Waals surface area (Å²) in [6.45, 7) is 2.93. The number of aromatic nitrogens is 4. The third-order valence-electron chi connectivity index (χ3n) is 4.54. The van der Waals surface area contributed by atoms with Crippen LogP contribution in [0.1, 0.15) is 32.9 Å². The van der Waals surface area contributed by atoms with Crippen molar-refractivity contribution in [2.24, 2.45) is 0 Å². The number of amides is 1.